The van der Waals surface area contributed by atoms with E-state index in [1.165, 1.54) is 0 Å². The zero-order valence-electron chi connectivity index (χ0n) is 8.86. The number of rotatable bonds is 1. The highest BCUT2D eigenvalue weighted by molar-refractivity contribution is 6.70. The molecule has 0 N–H and O–H groups in total. The van der Waals surface area contributed by atoms with Crippen LogP contribution in [0, 0.1) is 0 Å². The van der Waals surface area contributed by atoms with Crippen LogP contribution in [-0.4, -0.2) is 8.80 Å². The topological polar surface area (TPSA) is 0 Å². The van der Waals surface area contributed by atoms with Crippen LogP contribution < -0.4 is 0 Å². The van der Waals surface area contributed by atoms with E-state index >= 15 is 0 Å². The number of hydrogen-bond acceptors (Lipinski definition) is 0. The van der Waals surface area contributed by atoms with Gasteiger partial charge in [-0.3, -0.25) is 0 Å². The highest BCUT2D eigenvalue weighted by Crippen LogP contribution is 2.42. The SMILES string of the molecule is C=C[SiH](C(C)(C)C)C(C)(C)C. The van der Waals surface area contributed by atoms with Crippen LogP contribution >= 0.6 is 0 Å². The highest BCUT2D eigenvalue weighted by atomic mass is 28.3. The molecule has 0 saturated heterocycles. The van der Waals surface area contributed by atoms with Crippen LogP contribution in [0.4, 0.5) is 0 Å². The van der Waals surface area contributed by atoms with Crippen molar-refractivity contribution in [2.45, 2.75) is 51.6 Å². The van der Waals surface area contributed by atoms with Crippen molar-refractivity contribution in [1.29, 1.82) is 0 Å². The zero-order chi connectivity index (χ0) is 9.28. The van der Waals surface area contributed by atoms with Gasteiger partial charge in [0.2, 0.25) is 0 Å². The third kappa shape index (κ3) is 3.24. The summed E-state index contributed by atoms with van der Waals surface area (Å²) in [6, 6.07) is 0. The lowest BCUT2D eigenvalue weighted by molar-refractivity contribution is 0.652. The van der Waals surface area contributed by atoms with Gasteiger partial charge in [0.15, 0.2) is 0 Å². The van der Waals surface area contributed by atoms with Gasteiger partial charge in [-0.05, 0) is 10.1 Å². The first-order chi connectivity index (χ1) is 4.69. The summed E-state index contributed by atoms with van der Waals surface area (Å²) in [5.41, 5.74) is 2.22. The summed E-state index contributed by atoms with van der Waals surface area (Å²) < 4.78 is 0. The van der Waals surface area contributed by atoms with E-state index in [0.717, 1.165) is 0 Å². The summed E-state index contributed by atoms with van der Waals surface area (Å²) in [6.45, 7) is 17.9. The lowest BCUT2D eigenvalue weighted by Crippen LogP contribution is -2.32. The molecule has 0 nitrogen and oxygen atoms in total. The number of hydrogen-bond donors (Lipinski definition) is 0. The molecule has 0 heterocycles. The smallest absolute Gasteiger partial charge is 0.0713 e. The van der Waals surface area contributed by atoms with Crippen LogP contribution in [0.25, 0.3) is 0 Å². The molecule has 0 aromatic heterocycles. The second kappa shape index (κ2) is 3.14. The molecule has 0 aliphatic heterocycles. The molecule has 0 spiro atoms. The van der Waals surface area contributed by atoms with Crippen molar-refractivity contribution < 1.29 is 0 Å². The zero-order valence-corrected chi connectivity index (χ0v) is 10.0. The van der Waals surface area contributed by atoms with E-state index in [2.05, 4.69) is 53.8 Å². The average molecular weight is 170 g/mol. The average Bonchev–Trinajstić information content (AvgIpc) is 1.56. The minimum Gasteiger partial charge on any atom is -0.107 e. The first kappa shape index (κ1) is 11.0. The maximum absolute atomic E-state index is 3.96. The van der Waals surface area contributed by atoms with Crippen molar-refractivity contribution in [2.24, 2.45) is 0 Å². The van der Waals surface area contributed by atoms with Crippen molar-refractivity contribution in [2.75, 3.05) is 0 Å². The molecular formula is C10H22Si. The van der Waals surface area contributed by atoms with Crippen molar-refractivity contribution in [3.05, 3.63) is 12.3 Å². The van der Waals surface area contributed by atoms with Gasteiger partial charge in [0.05, 0.1) is 8.80 Å². The van der Waals surface area contributed by atoms with Crippen molar-refractivity contribution >= 4 is 8.80 Å². The predicted octanol–water partition coefficient (Wildman–Crippen LogP) is 3.54. The molecule has 1 heteroatoms. The Kier molecular flexibility index (Phi) is 3.12. The Morgan fingerprint density at radius 3 is 1.18 bits per heavy atom. The molecule has 0 amide bonds. The first-order valence-corrected chi connectivity index (χ1v) is 6.14. The summed E-state index contributed by atoms with van der Waals surface area (Å²) in [6.07, 6.45) is 0. The summed E-state index contributed by atoms with van der Waals surface area (Å²) in [5, 5.41) is 0.944. The van der Waals surface area contributed by atoms with E-state index < -0.39 is 8.80 Å². The predicted molar refractivity (Wildman–Crippen MR) is 56.8 cm³/mol. The molecule has 0 radical (unpaired) electrons. The van der Waals surface area contributed by atoms with E-state index in [9.17, 15) is 0 Å². The lowest BCUT2D eigenvalue weighted by Gasteiger charge is -2.37. The van der Waals surface area contributed by atoms with Gasteiger partial charge < -0.3 is 0 Å². The van der Waals surface area contributed by atoms with Crippen molar-refractivity contribution in [3.8, 4) is 0 Å². The lowest BCUT2D eigenvalue weighted by atomic mass is 10.2. The Balaban J connectivity index is 4.56. The summed E-state index contributed by atoms with van der Waals surface area (Å²) >= 11 is 0. The van der Waals surface area contributed by atoms with Gasteiger partial charge >= 0.3 is 0 Å². The van der Waals surface area contributed by atoms with E-state index in [0.29, 0.717) is 10.1 Å². The van der Waals surface area contributed by atoms with E-state index in [-0.39, 0.29) is 0 Å². The van der Waals surface area contributed by atoms with E-state index in [1.807, 2.05) is 0 Å². The molecule has 0 unspecified atom stereocenters. The summed E-state index contributed by atoms with van der Waals surface area (Å²) in [5.74, 6) is 0. The quantitative estimate of drug-likeness (QED) is 0.528. The standard InChI is InChI=1S/C10H22Si/c1-8-11(9(2,3)4)10(5,6)7/h8,11H,1H2,2-7H3. The Morgan fingerprint density at radius 1 is 0.909 bits per heavy atom. The van der Waals surface area contributed by atoms with Crippen LogP contribution in [0.15, 0.2) is 12.3 Å². The monoisotopic (exact) mass is 170 g/mol. The fourth-order valence-electron chi connectivity index (χ4n) is 2.01. The van der Waals surface area contributed by atoms with Crippen LogP contribution in [0.3, 0.4) is 0 Å². The largest absolute Gasteiger partial charge is 0.107 e. The third-order valence-corrected chi connectivity index (χ3v) is 6.31. The molecule has 0 atom stereocenters. The van der Waals surface area contributed by atoms with E-state index in [4.69, 9.17) is 0 Å². The molecule has 0 bridgehead atoms. The molecule has 0 rings (SSSR count). The van der Waals surface area contributed by atoms with Gasteiger partial charge in [0.1, 0.15) is 0 Å². The van der Waals surface area contributed by atoms with E-state index in [1.54, 1.807) is 0 Å². The summed E-state index contributed by atoms with van der Waals surface area (Å²) in [7, 11) is -0.826. The fourth-order valence-corrected chi connectivity index (χ4v) is 6.02. The molecule has 0 aliphatic rings. The molecule has 11 heavy (non-hydrogen) atoms. The highest BCUT2D eigenvalue weighted by Gasteiger charge is 2.33. The van der Waals surface area contributed by atoms with Crippen LogP contribution in [0.2, 0.25) is 10.1 Å². The minimum absolute atomic E-state index is 0.472. The molecule has 66 valence electrons. The van der Waals surface area contributed by atoms with Crippen molar-refractivity contribution in [3.63, 3.8) is 0 Å². The normalized spacial score (nSPS) is 13.7. The first-order valence-electron chi connectivity index (χ1n) is 4.32. The molecule has 0 aliphatic carbocycles. The Morgan fingerprint density at radius 2 is 1.18 bits per heavy atom. The molecule has 0 aromatic rings. The molecule has 0 aromatic carbocycles. The second-order valence-corrected chi connectivity index (χ2v) is 10.3. The Hall–Kier alpha value is -0.0431. The van der Waals surface area contributed by atoms with Gasteiger partial charge in [0, 0.05) is 0 Å². The minimum atomic E-state index is -0.826. The van der Waals surface area contributed by atoms with Crippen LogP contribution in [-0.2, 0) is 0 Å². The molecule has 0 saturated carbocycles. The maximum Gasteiger partial charge on any atom is 0.0713 e. The van der Waals surface area contributed by atoms with Crippen molar-refractivity contribution in [1.82, 2.24) is 0 Å². The third-order valence-electron chi connectivity index (χ3n) is 2.10. The Bertz CT molecular complexity index is 120. The van der Waals surface area contributed by atoms with Gasteiger partial charge in [-0.15, -0.1) is 12.3 Å². The van der Waals surface area contributed by atoms with Gasteiger partial charge in [-0.25, -0.2) is 0 Å². The van der Waals surface area contributed by atoms with Gasteiger partial charge in [-0.1, -0.05) is 41.5 Å². The Labute approximate surface area is 73.3 Å². The summed E-state index contributed by atoms with van der Waals surface area (Å²) in [4.78, 5) is 0. The van der Waals surface area contributed by atoms with Crippen LogP contribution in [0.5, 0.6) is 0 Å². The van der Waals surface area contributed by atoms with Gasteiger partial charge in [0.25, 0.3) is 0 Å². The van der Waals surface area contributed by atoms with Gasteiger partial charge in [-0.2, -0.15) is 0 Å². The fraction of sp³-hybridized carbons (Fsp3) is 0.800. The maximum atomic E-state index is 3.96. The van der Waals surface area contributed by atoms with Crippen LogP contribution in [0.1, 0.15) is 41.5 Å². The molecular weight excluding hydrogens is 148 g/mol. The molecule has 0 fully saturated rings. The second-order valence-electron chi connectivity index (χ2n) is 5.45.